The van der Waals surface area contributed by atoms with Crippen molar-refractivity contribution in [3.63, 3.8) is 0 Å². The number of hydrogen-bond acceptors (Lipinski definition) is 4. The summed E-state index contributed by atoms with van der Waals surface area (Å²) < 4.78 is 5.36. The second-order valence-electron chi connectivity index (χ2n) is 4.89. The molecule has 1 saturated heterocycles. The normalized spacial score (nSPS) is 21.8. The summed E-state index contributed by atoms with van der Waals surface area (Å²) >= 11 is 0. The molecule has 6 heteroatoms. The molecule has 0 spiro atoms. The Bertz CT molecular complexity index is 516. The van der Waals surface area contributed by atoms with Crippen LogP contribution < -0.4 is 4.74 Å². The average molecular weight is 279 g/mol. The zero-order chi connectivity index (χ0) is 14.7. The molecule has 6 nitrogen and oxygen atoms in total. The Hall–Kier alpha value is -2.08. The van der Waals surface area contributed by atoms with Crippen LogP contribution in [0.4, 0.5) is 0 Å². The highest BCUT2D eigenvalue weighted by atomic mass is 16.5. The van der Waals surface area contributed by atoms with Crippen molar-refractivity contribution in [1.29, 1.82) is 0 Å². The van der Waals surface area contributed by atoms with Crippen LogP contribution in [-0.4, -0.2) is 52.3 Å². The highest BCUT2D eigenvalue weighted by Gasteiger charge is 2.38. The van der Waals surface area contributed by atoms with Crippen LogP contribution >= 0.6 is 0 Å². The number of aliphatic hydroxyl groups excluding tert-OH is 1. The lowest BCUT2D eigenvalue weighted by Gasteiger charge is -2.21. The average Bonchev–Trinajstić information content (AvgIpc) is 2.78. The van der Waals surface area contributed by atoms with Gasteiger partial charge < -0.3 is 19.8 Å². The van der Waals surface area contributed by atoms with E-state index in [0.717, 1.165) is 10.5 Å². The molecule has 1 amide bonds. The predicted molar refractivity (Wildman–Crippen MR) is 70.4 cm³/mol. The largest absolute Gasteiger partial charge is 0.484 e. The molecule has 0 radical (unpaired) electrons. The Kier molecular flexibility index (Phi) is 4.24. The van der Waals surface area contributed by atoms with Crippen molar-refractivity contribution in [1.82, 2.24) is 4.90 Å². The first-order chi connectivity index (χ1) is 9.47. The molecule has 1 aromatic rings. The summed E-state index contributed by atoms with van der Waals surface area (Å²) in [6.45, 7) is 1.71. The topological polar surface area (TPSA) is 87.1 Å². The highest BCUT2D eigenvalue weighted by Crippen LogP contribution is 2.19. The van der Waals surface area contributed by atoms with Crippen molar-refractivity contribution in [3.8, 4) is 5.75 Å². The number of likely N-dealkylation sites (tertiary alicyclic amines) is 1. The SMILES string of the molecule is Cc1cccc(OCC(=O)N2C[C@H](O)C[C@@H]2C(=O)O)c1. The number of aliphatic hydroxyl groups is 1. The van der Waals surface area contributed by atoms with Gasteiger partial charge in [0, 0.05) is 13.0 Å². The Morgan fingerprint density at radius 1 is 1.45 bits per heavy atom. The van der Waals surface area contributed by atoms with E-state index in [9.17, 15) is 14.7 Å². The van der Waals surface area contributed by atoms with E-state index in [1.54, 1.807) is 12.1 Å². The Balaban J connectivity index is 1.96. The number of aliphatic carboxylic acids is 1. The molecular formula is C14H17NO5. The fourth-order valence-electron chi connectivity index (χ4n) is 2.26. The summed E-state index contributed by atoms with van der Waals surface area (Å²) in [4.78, 5) is 24.2. The summed E-state index contributed by atoms with van der Waals surface area (Å²) in [5.74, 6) is -0.981. The number of amides is 1. The van der Waals surface area contributed by atoms with E-state index in [1.807, 2.05) is 19.1 Å². The van der Waals surface area contributed by atoms with Crippen LogP contribution in [0.3, 0.4) is 0 Å². The number of rotatable bonds is 4. The number of carboxylic acids is 1. The molecule has 0 saturated carbocycles. The zero-order valence-electron chi connectivity index (χ0n) is 11.2. The Labute approximate surface area is 116 Å². The summed E-state index contributed by atoms with van der Waals surface area (Å²) in [5.41, 5.74) is 1.01. The smallest absolute Gasteiger partial charge is 0.326 e. The fraction of sp³-hybridized carbons (Fsp3) is 0.429. The summed E-state index contributed by atoms with van der Waals surface area (Å²) in [5, 5.41) is 18.5. The van der Waals surface area contributed by atoms with Crippen LogP contribution in [0, 0.1) is 6.92 Å². The van der Waals surface area contributed by atoms with Gasteiger partial charge in [-0.05, 0) is 24.6 Å². The standard InChI is InChI=1S/C14H17NO5/c1-9-3-2-4-11(5-9)20-8-13(17)15-7-10(16)6-12(15)14(18)19/h2-5,10,12,16H,6-8H2,1H3,(H,18,19)/t10-,12-/m1/s1. The van der Waals surface area contributed by atoms with Crippen molar-refractivity contribution >= 4 is 11.9 Å². The molecule has 1 aromatic carbocycles. The number of carbonyl (C=O) groups is 2. The third-order valence-electron chi connectivity index (χ3n) is 3.24. The first-order valence-corrected chi connectivity index (χ1v) is 6.37. The lowest BCUT2D eigenvalue weighted by Crippen LogP contribution is -2.42. The van der Waals surface area contributed by atoms with Gasteiger partial charge in [0.2, 0.25) is 0 Å². The molecule has 1 heterocycles. The predicted octanol–water partition coefficient (Wildman–Crippen LogP) is 0.420. The zero-order valence-corrected chi connectivity index (χ0v) is 11.2. The highest BCUT2D eigenvalue weighted by molar-refractivity contribution is 5.85. The van der Waals surface area contributed by atoms with E-state index in [4.69, 9.17) is 9.84 Å². The number of benzene rings is 1. The molecule has 1 aliphatic heterocycles. The first-order valence-electron chi connectivity index (χ1n) is 6.37. The minimum atomic E-state index is -1.11. The Morgan fingerprint density at radius 2 is 2.20 bits per heavy atom. The van der Waals surface area contributed by atoms with E-state index in [0.29, 0.717) is 5.75 Å². The second kappa shape index (κ2) is 5.92. The second-order valence-corrected chi connectivity index (χ2v) is 4.89. The third kappa shape index (κ3) is 3.27. The summed E-state index contributed by atoms with van der Waals surface area (Å²) in [7, 11) is 0. The molecule has 0 unspecified atom stereocenters. The third-order valence-corrected chi connectivity index (χ3v) is 3.24. The van der Waals surface area contributed by atoms with E-state index >= 15 is 0 Å². The molecular weight excluding hydrogens is 262 g/mol. The summed E-state index contributed by atoms with van der Waals surface area (Å²) in [6, 6.07) is 6.27. The number of aryl methyl sites for hydroxylation is 1. The molecule has 2 atom stereocenters. The number of carbonyl (C=O) groups excluding carboxylic acids is 1. The quantitative estimate of drug-likeness (QED) is 0.834. The van der Waals surface area contributed by atoms with Crippen molar-refractivity contribution in [3.05, 3.63) is 29.8 Å². The fourth-order valence-corrected chi connectivity index (χ4v) is 2.26. The molecule has 0 aliphatic carbocycles. The lowest BCUT2D eigenvalue weighted by molar-refractivity contribution is -0.148. The molecule has 0 aromatic heterocycles. The van der Waals surface area contributed by atoms with Crippen LogP contribution in [0.25, 0.3) is 0 Å². The van der Waals surface area contributed by atoms with Gasteiger partial charge in [0.1, 0.15) is 11.8 Å². The van der Waals surface area contributed by atoms with Gasteiger partial charge in [-0.25, -0.2) is 4.79 Å². The van der Waals surface area contributed by atoms with E-state index in [-0.39, 0.29) is 19.6 Å². The number of carboxylic acid groups (broad SMARTS) is 1. The molecule has 20 heavy (non-hydrogen) atoms. The van der Waals surface area contributed by atoms with Crippen LogP contribution in [0.15, 0.2) is 24.3 Å². The van der Waals surface area contributed by atoms with Gasteiger partial charge >= 0.3 is 5.97 Å². The number of nitrogens with zero attached hydrogens (tertiary/aromatic N) is 1. The van der Waals surface area contributed by atoms with Gasteiger partial charge in [-0.15, -0.1) is 0 Å². The van der Waals surface area contributed by atoms with Crippen molar-refractivity contribution in [2.45, 2.75) is 25.5 Å². The molecule has 1 fully saturated rings. The van der Waals surface area contributed by atoms with Crippen molar-refractivity contribution < 1.29 is 24.5 Å². The maximum atomic E-state index is 12.0. The molecule has 0 bridgehead atoms. The van der Waals surface area contributed by atoms with Crippen LogP contribution in [0.5, 0.6) is 5.75 Å². The van der Waals surface area contributed by atoms with Gasteiger partial charge in [-0.2, -0.15) is 0 Å². The van der Waals surface area contributed by atoms with Crippen LogP contribution in [0.2, 0.25) is 0 Å². The van der Waals surface area contributed by atoms with Gasteiger partial charge in [0.15, 0.2) is 6.61 Å². The lowest BCUT2D eigenvalue weighted by atomic mass is 10.2. The van der Waals surface area contributed by atoms with Crippen LogP contribution in [-0.2, 0) is 9.59 Å². The van der Waals surface area contributed by atoms with Gasteiger partial charge in [-0.1, -0.05) is 12.1 Å². The van der Waals surface area contributed by atoms with Crippen molar-refractivity contribution in [2.24, 2.45) is 0 Å². The number of hydrogen-bond donors (Lipinski definition) is 2. The number of β-amino-alcohol motifs (C(OH)–C–C–N with tert-alkyl or cyclic N) is 1. The molecule has 2 N–H and O–H groups in total. The first kappa shape index (κ1) is 14.3. The maximum absolute atomic E-state index is 12.0. The van der Waals surface area contributed by atoms with E-state index in [2.05, 4.69) is 0 Å². The molecule has 108 valence electrons. The maximum Gasteiger partial charge on any atom is 0.326 e. The van der Waals surface area contributed by atoms with Crippen LogP contribution in [0.1, 0.15) is 12.0 Å². The Morgan fingerprint density at radius 3 is 2.85 bits per heavy atom. The molecule has 1 aliphatic rings. The van der Waals surface area contributed by atoms with Gasteiger partial charge in [0.05, 0.1) is 6.10 Å². The van der Waals surface area contributed by atoms with Crippen molar-refractivity contribution in [2.75, 3.05) is 13.2 Å². The van der Waals surface area contributed by atoms with Gasteiger partial charge in [0.25, 0.3) is 5.91 Å². The van der Waals surface area contributed by atoms with Gasteiger partial charge in [-0.3, -0.25) is 4.79 Å². The minimum Gasteiger partial charge on any atom is -0.484 e. The molecule has 2 rings (SSSR count). The number of ether oxygens (including phenoxy) is 1. The minimum absolute atomic E-state index is 0.0347. The van der Waals surface area contributed by atoms with E-state index in [1.165, 1.54) is 0 Å². The summed E-state index contributed by atoms with van der Waals surface area (Å²) in [6.07, 6.45) is -0.732. The van der Waals surface area contributed by atoms with E-state index < -0.39 is 24.0 Å². The monoisotopic (exact) mass is 279 g/mol.